The molecule has 1 fully saturated rings. The summed E-state index contributed by atoms with van der Waals surface area (Å²) in [5.74, 6) is 0.899. The van der Waals surface area contributed by atoms with Gasteiger partial charge in [-0.05, 0) is 24.1 Å². The molecule has 0 spiro atoms. The van der Waals surface area contributed by atoms with Crippen molar-refractivity contribution in [1.82, 2.24) is 14.5 Å². The molecule has 2 heterocycles. The van der Waals surface area contributed by atoms with Crippen LogP contribution in [0.3, 0.4) is 0 Å². The Morgan fingerprint density at radius 2 is 2.30 bits per heavy atom. The molecule has 1 aliphatic rings. The van der Waals surface area contributed by atoms with Crippen LogP contribution in [0, 0.1) is 0 Å². The Kier molecular flexibility index (Phi) is 3.60. The van der Waals surface area contributed by atoms with E-state index in [2.05, 4.69) is 22.0 Å². The molecule has 1 N–H and O–H groups in total. The third-order valence-corrected chi connectivity index (χ3v) is 3.96. The Balaban J connectivity index is 1.64. The van der Waals surface area contributed by atoms with Gasteiger partial charge in [-0.15, -0.1) is 0 Å². The lowest BCUT2D eigenvalue weighted by Crippen LogP contribution is -2.43. The quantitative estimate of drug-likeness (QED) is 0.901. The van der Waals surface area contributed by atoms with Crippen molar-refractivity contribution in [2.24, 2.45) is 0 Å². The van der Waals surface area contributed by atoms with Gasteiger partial charge in [0.15, 0.2) is 0 Å². The van der Waals surface area contributed by atoms with Crippen LogP contribution in [-0.4, -0.2) is 34.7 Å². The van der Waals surface area contributed by atoms with E-state index in [-0.39, 0.29) is 5.69 Å². The molecule has 0 unspecified atom stereocenters. The molecule has 106 valence electrons. The Morgan fingerprint density at radius 1 is 1.40 bits per heavy atom. The second-order valence-electron chi connectivity index (χ2n) is 5.08. The maximum Gasteiger partial charge on any atom is 0.325 e. The van der Waals surface area contributed by atoms with E-state index in [4.69, 9.17) is 4.74 Å². The van der Waals surface area contributed by atoms with Crippen LogP contribution < -0.4 is 10.4 Å². The number of aromatic amines is 1. The first-order valence-electron chi connectivity index (χ1n) is 6.90. The number of methoxy groups -OCH3 is 1. The van der Waals surface area contributed by atoms with E-state index in [0.717, 1.165) is 31.8 Å². The van der Waals surface area contributed by atoms with Gasteiger partial charge in [0, 0.05) is 38.1 Å². The molecule has 0 radical (unpaired) electrons. The topological polar surface area (TPSA) is 50.3 Å². The van der Waals surface area contributed by atoms with Crippen molar-refractivity contribution >= 4 is 0 Å². The van der Waals surface area contributed by atoms with Crippen LogP contribution in [0.2, 0.25) is 0 Å². The van der Waals surface area contributed by atoms with E-state index in [0.29, 0.717) is 6.04 Å². The Hall–Kier alpha value is -2.01. The summed E-state index contributed by atoms with van der Waals surface area (Å²) in [7, 11) is 1.69. The molecule has 1 saturated heterocycles. The van der Waals surface area contributed by atoms with E-state index in [1.54, 1.807) is 24.1 Å². The van der Waals surface area contributed by atoms with Crippen LogP contribution in [-0.2, 0) is 6.54 Å². The molecular formula is C15H19N3O2. The second kappa shape index (κ2) is 5.54. The minimum Gasteiger partial charge on any atom is -0.497 e. The maximum atomic E-state index is 11.4. The first-order valence-corrected chi connectivity index (χ1v) is 6.90. The first kappa shape index (κ1) is 13.0. The molecule has 1 atom stereocenters. The second-order valence-corrected chi connectivity index (χ2v) is 5.08. The van der Waals surface area contributed by atoms with E-state index in [1.165, 1.54) is 5.56 Å². The summed E-state index contributed by atoms with van der Waals surface area (Å²) in [6.07, 6.45) is 4.63. The Labute approximate surface area is 117 Å². The minimum absolute atomic E-state index is 0.0385. The molecule has 20 heavy (non-hydrogen) atoms. The number of hydrogen-bond acceptors (Lipinski definition) is 3. The van der Waals surface area contributed by atoms with Gasteiger partial charge in [0.05, 0.1) is 7.11 Å². The number of likely N-dealkylation sites (tertiary alicyclic amines) is 1. The van der Waals surface area contributed by atoms with Gasteiger partial charge in [0.2, 0.25) is 0 Å². The van der Waals surface area contributed by atoms with Crippen LogP contribution in [0.15, 0.2) is 41.5 Å². The van der Waals surface area contributed by atoms with Gasteiger partial charge in [-0.2, -0.15) is 0 Å². The molecule has 0 bridgehead atoms. The standard InChI is InChI=1S/C15H19N3O2/c1-20-13-4-2-3-12(11-13)14-5-7-17(14)9-10-18-8-6-16-15(18)19/h2-4,6,8,11,14H,5,7,9-10H2,1H3,(H,16,19)/t14-/m1/s1. The molecule has 0 saturated carbocycles. The lowest BCUT2D eigenvalue weighted by atomic mass is 9.94. The summed E-state index contributed by atoms with van der Waals surface area (Å²) in [6.45, 7) is 2.70. The monoisotopic (exact) mass is 273 g/mol. The number of benzene rings is 1. The summed E-state index contributed by atoms with van der Waals surface area (Å²) in [5, 5.41) is 0. The Bertz CT molecular complexity index is 632. The highest BCUT2D eigenvalue weighted by atomic mass is 16.5. The number of nitrogens with zero attached hydrogens (tertiary/aromatic N) is 2. The lowest BCUT2D eigenvalue weighted by Gasteiger charge is -2.41. The van der Waals surface area contributed by atoms with Crippen LogP contribution in [0.5, 0.6) is 5.75 Å². The van der Waals surface area contributed by atoms with E-state index in [9.17, 15) is 4.79 Å². The molecule has 0 aliphatic carbocycles. The van der Waals surface area contributed by atoms with Gasteiger partial charge in [0.1, 0.15) is 5.75 Å². The van der Waals surface area contributed by atoms with Crippen molar-refractivity contribution in [2.45, 2.75) is 19.0 Å². The third kappa shape index (κ3) is 2.49. The van der Waals surface area contributed by atoms with Crippen molar-refractivity contribution < 1.29 is 4.74 Å². The van der Waals surface area contributed by atoms with Gasteiger partial charge >= 0.3 is 5.69 Å². The normalized spacial score (nSPS) is 18.8. The van der Waals surface area contributed by atoms with Crippen molar-refractivity contribution in [2.75, 3.05) is 20.2 Å². The summed E-state index contributed by atoms with van der Waals surface area (Å²) in [6, 6.07) is 8.67. The molecule has 5 nitrogen and oxygen atoms in total. The highest BCUT2D eigenvalue weighted by Crippen LogP contribution is 2.34. The van der Waals surface area contributed by atoms with Crippen molar-refractivity contribution in [3.8, 4) is 5.75 Å². The average Bonchev–Trinajstić information content (AvgIpc) is 2.84. The number of hydrogen-bond donors (Lipinski definition) is 1. The SMILES string of the molecule is COc1cccc([C@H]2CCN2CCn2cc[nH]c2=O)c1. The van der Waals surface area contributed by atoms with E-state index >= 15 is 0 Å². The first-order chi connectivity index (χ1) is 9.78. The van der Waals surface area contributed by atoms with Crippen LogP contribution in [0.1, 0.15) is 18.0 Å². The summed E-state index contributed by atoms with van der Waals surface area (Å²) in [5.41, 5.74) is 1.25. The highest BCUT2D eigenvalue weighted by molar-refractivity contribution is 5.31. The number of H-pyrrole nitrogens is 1. The van der Waals surface area contributed by atoms with Crippen molar-refractivity contribution in [3.63, 3.8) is 0 Å². The van der Waals surface area contributed by atoms with Gasteiger partial charge < -0.3 is 9.72 Å². The van der Waals surface area contributed by atoms with Crippen LogP contribution >= 0.6 is 0 Å². The van der Waals surface area contributed by atoms with Crippen LogP contribution in [0.25, 0.3) is 0 Å². The van der Waals surface area contributed by atoms with Crippen molar-refractivity contribution in [1.29, 1.82) is 0 Å². The molecule has 2 aromatic rings. The maximum absolute atomic E-state index is 11.4. The number of ether oxygens (including phenoxy) is 1. The van der Waals surface area contributed by atoms with Crippen molar-refractivity contribution in [3.05, 3.63) is 52.7 Å². The molecule has 1 aromatic carbocycles. The fraction of sp³-hybridized carbons (Fsp3) is 0.400. The smallest absolute Gasteiger partial charge is 0.325 e. The minimum atomic E-state index is -0.0385. The summed E-state index contributed by atoms with van der Waals surface area (Å²) in [4.78, 5) is 16.5. The zero-order valence-corrected chi connectivity index (χ0v) is 11.6. The average molecular weight is 273 g/mol. The zero-order chi connectivity index (χ0) is 13.9. The summed E-state index contributed by atoms with van der Waals surface area (Å²) < 4.78 is 6.98. The molecule has 0 amide bonds. The molecule has 1 aliphatic heterocycles. The fourth-order valence-corrected chi connectivity index (χ4v) is 2.70. The van der Waals surface area contributed by atoms with Gasteiger partial charge in [-0.1, -0.05) is 12.1 Å². The predicted octanol–water partition coefficient (Wildman–Crippen LogP) is 1.63. The van der Waals surface area contributed by atoms with Crippen LogP contribution in [0.4, 0.5) is 0 Å². The summed E-state index contributed by atoms with van der Waals surface area (Å²) >= 11 is 0. The van der Waals surface area contributed by atoms with E-state index < -0.39 is 0 Å². The molecule has 3 rings (SSSR count). The number of aromatic nitrogens is 2. The predicted molar refractivity (Wildman–Crippen MR) is 77.0 cm³/mol. The highest BCUT2D eigenvalue weighted by Gasteiger charge is 2.29. The molecule has 1 aromatic heterocycles. The molecule has 5 heteroatoms. The largest absolute Gasteiger partial charge is 0.497 e. The fourth-order valence-electron chi connectivity index (χ4n) is 2.70. The Morgan fingerprint density at radius 3 is 2.95 bits per heavy atom. The third-order valence-electron chi connectivity index (χ3n) is 3.96. The lowest BCUT2D eigenvalue weighted by molar-refractivity contribution is 0.0858. The van der Waals surface area contributed by atoms with Gasteiger partial charge in [-0.25, -0.2) is 4.79 Å². The zero-order valence-electron chi connectivity index (χ0n) is 11.6. The van der Waals surface area contributed by atoms with E-state index in [1.807, 2.05) is 12.1 Å². The number of nitrogens with one attached hydrogen (secondary N) is 1. The van der Waals surface area contributed by atoms with Gasteiger partial charge in [0.25, 0.3) is 0 Å². The van der Waals surface area contributed by atoms with Gasteiger partial charge in [-0.3, -0.25) is 9.47 Å². The molecular weight excluding hydrogens is 254 g/mol. The number of rotatable bonds is 5. The number of imidazole rings is 1.